The van der Waals surface area contributed by atoms with Crippen LogP contribution in [0.1, 0.15) is 79.0 Å². The van der Waals surface area contributed by atoms with Gasteiger partial charge < -0.3 is 20.1 Å². The van der Waals surface area contributed by atoms with Crippen LogP contribution in [0.2, 0.25) is 0 Å². The molecule has 0 aliphatic heterocycles. The molecule has 2 aromatic rings. The van der Waals surface area contributed by atoms with Gasteiger partial charge in [0.2, 0.25) is 0 Å². The van der Waals surface area contributed by atoms with Gasteiger partial charge in [-0.1, -0.05) is 51.9 Å². The Hall–Kier alpha value is -2.67. The Labute approximate surface area is 214 Å². The van der Waals surface area contributed by atoms with Crippen LogP contribution >= 0.6 is 11.8 Å². The van der Waals surface area contributed by atoms with E-state index in [1.807, 2.05) is 18.4 Å². The van der Waals surface area contributed by atoms with E-state index in [9.17, 15) is 9.59 Å². The summed E-state index contributed by atoms with van der Waals surface area (Å²) in [4.78, 5) is 25.2. The minimum Gasteiger partial charge on any atom is -0.495 e. The predicted molar refractivity (Wildman–Crippen MR) is 146 cm³/mol. The highest BCUT2D eigenvalue weighted by Gasteiger charge is 2.14. The average molecular weight is 501 g/mol. The first-order valence-corrected chi connectivity index (χ1v) is 14.0. The van der Waals surface area contributed by atoms with E-state index in [0.29, 0.717) is 35.7 Å². The summed E-state index contributed by atoms with van der Waals surface area (Å²) in [6.45, 7) is 3.51. The fourth-order valence-electron chi connectivity index (χ4n) is 3.64. The van der Waals surface area contributed by atoms with E-state index in [1.165, 1.54) is 52.1 Å². The zero-order valence-corrected chi connectivity index (χ0v) is 22.2. The monoisotopic (exact) mass is 500 g/mol. The minimum atomic E-state index is -0.280. The number of ether oxygens (including phenoxy) is 2. The van der Waals surface area contributed by atoms with Crippen molar-refractivity contribution in [2.45, 2.75) is 58.3 Å². The van der Waals surface area contributed by atoms with Gasteiger partial charge in [-0.25, -0.2) is 0 Å². The second kappa shape index (κ2) is 16.9. The molecule has 2 N–H and O–H groups in total. The maximum absolute atomic E-state index is 12.8. The van der Waals surface area contributed by atoms with Crippen molar-refractivity contribution in [2.24, 2.45) is 0 Å². The van der Waals surface area contributed by atoms with Crippen molar-refractivity contribution >= 4 is 29.3 Å². The molecule has 0 heterocycles. The number of thioether (sulfide) groups is 1. The Morgan fingerprint density at radius 3 is 2.17 bits per heavy atom. The molecular formula is C28H40N2O4S. The van der Waals surface area contributed by atoms with E-state index in [4.69, 9.17) is 9.47 Å². The third-order valence-corrected chi connectivity index (χ3v) is 6.30. The summed E-state index contributed by atoms with van der Waals surface area (Å²) in [6, 6.07) is 12.1. The van der Waals surface area contributed by atoms with Crippen LogP contribution in [-0.4, -0.2) is 44.1 Å². The highest BCUT2D eigenvalue weighted by molar-refractivity contribution is 7.98. The molecule has 2 rings (SSSR count). The summed E-state index contributed by atoms with van der Waals surface area (Å²) < 4.78 is 11.2. The Morgan fingerprint density at radius 1 is 0.857 bits per heavy atom. The quantitative estimate of drug-likeness (QED) is 0.241. The van der Waals surface area contributed by atoms with Crippen molar-refractivity contribution in [1.29, 1.82) is 0 Å². The molecule has 0 spiro atoms. The Bertz CT molecular complexity index is 902. The van der Waals surface area contributed by atoms with E-state index in [2.05, 4.69) is 17.6 Å². The average Bonchev–Trinajstić information content (AvgIpc) is 2.88. The van der Waals surface area contributed by atoms with E-state index in [1.54, 1.807) is 42.1 Å². The van der Waals surface area contributed by atoms with Crippen LogP contribution in [0.25, 0.3) is 0 Å². The highest BCUT2D eigenvalue weighted by atomic mass is 32.2. The molecule has 0 bridgehead atoms. The standard InChI is InChI=1S/C28H40N2O4S/c1-4-5-6-7-8-9-10-11-19-34-24-15-12-22(13-16-24)28(32)30-25-21-23(14-17-26(25)33-2)27(31)29-18-20-35-3/h12-17,21H,4-11,18-20H2,1-3H3,(H,29,31)(H,30,32). The minimum absolute atomic E-state index is 0.185. The molecule has 2 aromatic carbocycles. The Kier molecular flexibility index (Phi) is 13.8. The molecule has 0 aliphatic carbocycles. The van der Waals surface area contributed by atoms with Crippen LogP contribution in [0.15, 0.2) is 42.5 Å². The van der Waals surface area contributed by atoms with E-state index >= 15 is 0 Å². The van der Waals surface area contributed by atoms with Gasteiger partial charge in [0.25, 0.3) is 11.8 Å². The second-order valence-corrected chi connectivity index (χ2v) is 9.45. The molecule has 2 amide bonds. The van der Waals surface area contributed by atoms with Gasteiger partial charge >= 0.3 is 0 Å². The van der Waals surface area contributed by atoms with Gasteiger partial charge in [-0.05, 0) is 55.1 Å². The number of anilines is 1. The van der Waals surface area contributed by atoms with Crippen LogP contribution in [0.5, 0.6) is 11.5 Å². The number of nitrogens with one attached hydrogen (secondary N) is 2. The number of unbranched alkanes of at least 4 members (excludes halogenated alkanes) is 7. The zero-order chi connectivity index (χ0) is 25.3. The van der Waals surface area contributed by atoms with Crippen LogP contribution in [-0.2, 0) is 0 Å². The zero-order valence-electron chi connectivity index (χ0n) is 21.4. The number of amides is 2. The number of rotatable bonds is 17. The number of hydrogen-bond donors (Lipinski definition) is 2. The van der Waals surface area contributed by atoms with Crippen molar-refractivity contribution in [2.75, 3.05) is 37.6 Å². The van der Waals surface area contributed by atoms with Crippen LogP contribution in [0.3, 0.4) is 0 Å². The van der Waals surface area contributed by atoms with E-state index in [0.717, 1.165) is 17.9 Å². The smallest absolute Gasteiger partial charge is 0.255 e. The molecule has 0 saturated heterocycles. The molecule has 6 nitrogen and oxygen atoms in total. The number of carbonyl (C=O) groups excluding carboxylic acids is 2. The van der Waals surface area contributed by atoms with Gasteiger partial charge in [-0.3, -0.25) is 9.59 Å². The molecular weight excluding hydrogens is 460 g/mol. The second-order valence-electron chi connectivity index (χ2n) is 8.47. The first-order chi connectivity index (χ1) is 17.1. The lowest BCUT2D eigenvalue weighted by atomic mass is 10.1. The molecule has 35 heavy (non-hydrogen) atoms. The summed E-state index contributed by atoms with van der Waals surface area (Å²) >= 11 is 1.66. The maximum Gasteiger partial charge on any atom is 0.255 e. The molecule has 0 aromatic heterocycles. The molecule has 0 atom stereocenters. The fraction of sp³-hybridized carbons (Fsp3) is 0.500. The summed E-state index contributed by atoms with van der Waals surface area (Å²) in [5, 5.41) is 5.72. The normalized spacial score (nSPS) is 10.6. The van der Waals surface area contributed by atoms with Gasteiger partial charge in [0, 0.05) is 23.4 Å². The predicted octanol–water partition coefficient (Wildman–Crippen LogP) is 6.56. The maximum atomic E-state index is 12.8. The summed E-state index contributed by atoms with van der Waals surface area (Å²) in [6.07, 6.45) is 12.1. The molecule has 192 valence electrons. The summed E-state index contributed by atoms with van der Waals surface area (Å²) in [7, 11) is 1.53. The van der Waals surface area contributed by atoms with Gasteiger partial charge in [-0.15, -0.1) is 0 Å². The first-order valence-electron chi connectivity index (χ1n) is 12.6. The molecule has 0 saturated carbocycles. The van der Waals surface area contributed by atoms with Gasteiger partial charge in [0.15, 0.2) is 0 Å². The van der Waals surface area contributed by atoms with Crippen LogP contribution in [0, 0.1) is 0 Å². The number of carbonyl (C=O) groups is 2. The lowest BCUT2D eigenvalue weighted by molar-refractivity contribution is 0.0954. The van der Waals surface area contributed by atoms with Crippen LogP contribution < -0.4 is 20.1 Å². The van der Waals surface area contributed by atoms with Crippen molar-refractivity contribution in [3.63, 3.8) is 0 Å². The van der Waals surface area contributed by atoms with Crippen molar-refractivity contribution < 1.29 is 19.1 Å². The van der Waals surface area contributed by atoms with Crippen LogP contribution in [0.4, 0.5) is 5.69 Å². The van der Waals surface area contributed by atoms with Gasteiger partial charge in [-0.2, -0.15) is 11.8 Å². The van der Waals surface area contributed by atoms with E-state index in [-0.39, 0.29) is 11.8 Å². The van der Waals surface area contributed by atoms with Crippen molar-refractivity contribution in [1.82, 2.24) is 5.32 Å². The molecule has 0 fully saturated rings. The molecule has 0 unspecified atom stereocenters. The van der Waals surface area contributed by atoms with Gasteiger partial charge in [0.1, 0.15) is 11.5 Å². The SMILES string of the molecule is CCCCCCCCCCOc1ccc(C(=O)Nc2cc(C(=O)NCCSC)ccc2OC)cc1. The molecule has 7 heteroatoms. The fourth-order valence-corrected chi connectivity index (χ4v) is 3.94. The number of benzene rings is 2. The third kappa shape index (κ3) is 10.6. The lowest BCUT2D eigenvalue weighted by Crippen LogP contribution is -2.25. The van der Waals surface area contributed by atoms with Crippen molar-refractivity contribution in [3.05, 3.63) is 53.6 Å². The Balaban J connectivity index is 1.83. The lowest BCUT2D eigenvalue weighted by Gasteiger charge is -2.13. The largest absolute Gasteiger partial charge is 0.495 e. The molecule has 0 aliphatic rings. The highest BCUT2D eigenvalue weighted by Crippen LogP contribution is 2.26. The first kappa shape index (κ1) is 28.6. The topological polar surface area (TPSA) is 76.7 Å². The Morgan fingerprint density at radius 2 is 1.51 bits per heavy atom. The number of methoxy groups -OCH3 is 1. The van der Waals surface area contributed by atoms with E-state index < -0.39 is 0 Å². The number of hydrogen-bond acceptors (Lipinski definition) is 5. The summed E-state index contributed by atoms with van der Waals surface area (Å²) in [5.41, 5.74) is 1.42. The third-order valence-electron chi connectivity index (χ3n) is 5.68. The van der Waals surface area contributed by atoms with Crippen molar-refractivity contribution in [3.8, 4) is 11.5 Å². The molecule has 0 radical (unpaired) electrons. The van der Waals surface area contributed by atoms with Gasteiger partial charge in [0.05, 0.1) is 19.4 Å². The summed E-state index contributed by atoms with van der Waals surface area (Å²) in [5.74, 6) is 1.62.